The van der Waals surface area contributed by atoms with E-state index in [9.17, 15) is 14.4 Å². The fourth-order valence-corrected chi connectivity index (χ4v) is 0. The molecule has 0 unspecified atom stereocenters. The van der Waals surface area contributed by atoms with Crippen LogP contribution in [-0.4, -0.2) is 8.05 Å². The molecule has 7 heavy (non-hydrogen) atoms. The van der Waals surface area contributed by atoms with Crippen LogP contribution in [0.5, 0.6) is 0 Å². The molecule has 0 bridgehead atoms. The second kappa shape index (κ2) is 3.66. The van der Waals surface area contributed by atoms with Crippen molar-refractivity contribution in [3.05, 3.63) is 0 Å². The van der Waals surface area contributed by atoms with Crippen LogP contribution in [-0.2, 0) is 25.8 Å². The first-order valence-corrected chi connectivity index (χ1v) is 2.60. The van der Waals surface area contributed by atoms with Crippen molar-refractivity contribution in [1.29, 1.82) is 0 Å². The minimum Gasteiger partial charge on any atom is -0.791 e. The topological polar surface area (TPSA) is 72.4 Å². The summed E-state index contributed by atoms with van der Waals surface area (Å²) in [5.41, 5.74) is 0. The molecule has 0 rings (SSSR count). The molecule has 0 amide bonds. The number of hydrogen-bond acceptors (Lipinski definition) is 4. The van der Waals surface area contributed by atoms with E-state index in [0.717, 1.165) is 8.05 Å². The van der Waals surface area contributed by atoms with E-state index in [1.54, 1.807) is 0 Å². The van der Waals surface area contributed by atoms with E-state index in [0.29, 0.717) is 0 Å². The van der Waals surface area contributed by atoms with Gasteiger partial charge in [0, 0.05) is 7.82 Å². The Balaban J connectivity index is 0. The standard InChI is InChI=1S/BH4O4P.Co/c1-5-6(2,3)4;/h1H2,(H2,2,3,4);/q;+2/p-2. The van der Waals surface area contributed by atoms with Gasteiger partial charge in [0.1, 0.15) is 0 Å². The zero-order valence-corrected chi connectivity index (χ0v) is 5.35. The monoisotopic (exact) mass is 167 g/mol. The molecule has 0 aromatic rings. The summed E-state index contributed by atoms with van der Waals surface area (Å²) in [5.74, 6) is 0. The van der Waals surface area contributed by atoms with Crippen LogP contribution in [0.15, 0.2) is 0 Å². The molecule has 0 atom stereocenters. The molecule has 0 aliphatic carbocycles. The Morgan fingerprint density at radius 2 is 1.71 bits per heavy atom. The predicted molar refractivity (Wildman–Crippen MR) is 17.2 cm³/mol. The smallest absolute Gasteiger partial charge is 0.791 e. The Labute approximate surface area is 52.1 Å². The Hall–Kier alpha value is 0.681. The van der Waals surface area contributed by atoms with Gasteiger partial charge in [-0.15, -0.1) is 0 Å². The zero-order valence-electron chi connectivity index (χ0n) is 3.41. The summed E-state index contributed by atoms with van der Waals surface area (Å²) in [4.78, 5) is 18.5. The van der Waals surface area contributed by atoms with Crippen molar-refractivity contribution in [1.82, 2.24) is 0 Å². The molecule has 0 aliphatic heterocycles. The van der Waals surface area contributed by atoms with Crippen molar-refractivity contribution in [3.8, 4) is 0 Å². The summed E-state index contributed by atoms with van der Waals surface area (Å²) in [6, 6.07) is 0. The molecular formula is H2BCoO4P. The molecule has 0 fully saturated rings. The molecule has 0 aromatic carbocycles. The fourth-order valence-electron chi connectivity index (χ4n) is 0. The molecule has 0 saturated heterocycles. The first kappa shape index (κ1) is 10.6. The van der Waals surface area contributed by atoms with Crippen LogP contribution in [0.3, 0.4) is 0 Å². The van der Waals surface area contributed by atoms with E-state index in [-0.39, 0.29) is 16.8 Å². The Bertz CT molecular complexity index is 75.8. The molecular weight excluding hydrogens is 165 g/mol. The summed E-state index contributed by atoms with van der Waals surface area (Å²) >= 11 is 0. The Morgan fingerprint density at radius 1 is 1.57 bits per heavy atom. The summed E-state index contributed by atoms with van der Waals surface area (Å²) in [7, 11) is -3.83. The van der Waals surface area contributed by atoms with Crippen LogP contribution < -0.4 is 9.79 Å². The van der Waals surface area contributed by atoms with Gasteiger partial charge in [0.2, 0.25) is 0 Å². The van der Waals surface area contributed by atoms with Crippen molar-refractivity contribution >= 4 is 15.9 Å². The Kier molecular flexibility index (Phi) is 5.55. The molecule has 4 nitrogen and oxygen atoms in total. The van der Waals surface area contributed by atoms with Gasteiger partial charge in [-0.25, -0.2) is 0 Å². The summed E-state index contributed by atoms with van der Waals surface area (Å²) < 4.78 is 12.6. The molecule has 43 valence electrons. The van der Waals surface area contributed by atoms with Gasteiger partial charge >= 0.3 is 16.8 Å². The summed E-state index contributed by atoms with van der Waals surface area (Å²) in [6.07, 6.45) is 0. The predicted octanol–water partition coefficient (Wildman–Crippen LogP) is -2.62. The van der Waals surface area contributed by atoms with Crippen molar-refractivity contribution in [2.24, 2.45) is 0 Å². The molecule has 0 spiro atoms. The molecule has 0 aromatic heterocycles. The van der Waals surface area contributed by atoms with E-state index in [2.05, 4.69) is 4.44 Å². The van der Waals surface area contributed by atoms with Crippen molar-refractivity contribution in [2.45, 2.75) is 0 Å². The number of hydrogen-bond donors (Lipinski definition) is 0. The number of phosphoric acid groups is 1. The molecule has 0 aliphatic rings. The van der Waals surface area contributed by atoms with Gasteiger partial charge in [-0.3, -0.25) is 0 Å². The summed E-state index contributed by atoms with van der Waals surface area (Å²) in [5, 5.41) is 0. The van der Waals surface area contributed by atoms with E-state index in [1.165, 1.54) is 0 Å². The summed E-state index contributed by atoms with van der Waals surface area (Å²) in [6.45, 7) is 0. The van der Waals surface area contributed by atoms with Gasteiger partial charge in [-0.05, 0) is 0 Å². The third-order valence-corrected chi connectivity index (χ3v) is 0.671. The van der Waals surface area contributed by atoms with Crippen LogP contribution >= 0.6 is 7.82 Å². The number of rotatable bonds is 1. The second-order valence-corrected chi connectivity index (χ2v) is 1.89. The first-order valence-electron chi connectivity index (χ1n) is 1.14. The normalized spacial score (nSPS) is 10.0. The SMILES string of the molecule is BOP(=O)([O-])[O-].[Co+2]. The minimum atomic E-state index is -4.65. The van der Waals surface area contributed by atoms with Crippen LogP contribution in [0.2, 0.25) is 0 Å². The van der Waals surface area contributed by atoms with Crippen molar-refractivity contribution in [3.63, 3.8) is 0 Å². The van der Waals surface area contributed by atoms with Crippen LogP contribution in [0.25, 0.3) is 0 Å². The van der Waals surface area contributed by atoms with E-state index in [1.807, 2.05) is 0 Å². The maximum Gasteiger partial charge on any atom is 2.00 e. The largest absolute Gasteiger partial charge is 2.00 e. The third kappa shape index (κ3) is 10.8. The van der Waals surface area contributed by atoms with Gasteiger partial charge in [-0.2, -0.15) is 0 Å². The van der Waals surface area contributed by atoms with E-state index < -0.39 is 7.82 Å². The van der Waals surface area contributed by atoms with Crippen molar-refractivity contribution < 1.29 is 35.6 Å². The van der Waals surface area contributed by atoms with Crippen LogP contribution in [0.1, 0.15) is 0 Å². The van der Waals surface area contributed by atoms with Crippen LogP contribution in [0.4, 0.5) is 0 Å². The average molecular weight is 167 g/mol. The zero-order chi connectivity index (χ0) is 5.21. The average Bonchev–Trinajstić information content (AvgIpc) is 1.35. The molecule has 0 N–H and O–H groups in total. The van der Waals surface area contributed by atoms with Crippen LogP contribution in [0, 0.1) is 0 Å². The Morgan fingerprint density at radius 3 is 1.71 bits per heavy atom. The molecule has 1 radical (unpaired) electrons. The molecule has 0 saturated carbocycles. The van der Waals surface area contributed by atoms with Gasteiger partial charge in [0.25, 0.3) is 8.05 Å². The van der Waals surface area contributed by atoms with Gasteiger partial charge in [0.05, 0.1) is 0 Å². The molecule has 0 heterocycles. The maximum absolute atomic E-state index is 9.25. The van der Waals surface area contributed by atoms with E-state index >= 15 is 0 Å². The second-order valence-electron chi connectivity index (χ2n) is 0.630. The molecule has 7 heteroatoms. The third-order valence-electron chi connectivity index (χ3n) is 0.224. The van der Waals surface area contributed by atoms with Gasteiger partial charge in [0.15, 0.2) is 0 Å². The van der Waals surface area contributed by atoms with Gasteiger partial charge < -0.3 is 18.8 Å². The fraction of sp³-hybridized carbons (Fsp3) is 0. The van der Waals surface area contributed by atoms with Gasteiger partial charge in [-0.1, -0.05) is 0 Å². The first-order chi connectivity index (χ1) is 2.56. The van der Waals surface area contributed by atoms with Crippen molar-refractivity contribution in [2.75, 3.05) is 0 Å². The maximum atomic E-state index is 9.25. The minimum absolute atomic E-state index is 0. The quantitative estimate of drug-likeness (QED) is 0.316. The van der Waals surface area contributed by atoms with E-state index in [4.69, 9.17) is 0 Å².